The van der Waals surface area contributed by atoms with E-state index in [2.05, 4.69) is 12.2 Å². The van der Waals surface area contributed by atoms with Crippen LogP contribution in [0.5, 0.6) is 5.75 Å². The molecule has 0 fully saturated rings. The third-order valence-corrected chi connectivity index (χ3v) is 5.92. The van der Waals surface area contributed by atoms with Gasteiger partial charge in [-0.2, -0.15) is 0 Å². The molecule has 7 heteroatoms. The van der Waals surface area contributed by atoms with Gasteiger partial charge in [0.2, 0.25) is 0 Å². The zero-order chi connectivity index (χ0) is 17.0. The Balaban J connectivity index is 2.46. The van der Waals surface area contributed by atoms with Crippen molar-refractivity contribution in [3.8, 4) is 5.75 Å². The average Bonchev–Trinajstić information content (AvgIpc) is 2.66. The molecule has 1 aromatic rings. The standard InChI is InChI=1S/C16H23NO5S/c1-4-5-6-12-10-23(19,20)15-8-13(16(18)22-3)14(21-2)7-11(15)9-17-12/h7-8,12,17H,4-6,9-10H2,1-3H3. The van der Waals surface area contributed by atoms with E-state index >= 15 is 0 Å². The van der Waals surface area contributed by atoms with Gasteiger partial charge in [0, 0.05) is 12.6 Å². The molecule has 1 aliphatic heterocycles. The van der Waals surface area contributed by atoms with Crippen molar-refractivity contribution >= 4 is 15.8 Å². The second kappa shape index (κ2) is 7.31. The van der Waals surface area contributed by atoms with E-state index in [9.17, 15) is 13.2 Å². The van der Waals surface area contributed by atoms with E-state index in [-0.39, 0.29) is 22.3 Å². The highest BCUT2D eigenvalue weighted by molar-refractivity contribution is 7.91. The van der Waals surface area contributed by atoms with Crippen LogP contribution in [0.4, 0.5) is 0 Å². The number of nitrogens with one attached hydrogen (secondary N) is 1. The molecule has 1 aliphatic rings. The lowest BCUT2D eigenvalue weighted by Gasteiger charge is -2.14. The number of carbonyl (C=O) groups excluding carboxylic acids is 1. The average molecular weight is 341 g/mol. The van der Waals surface area contributed by atoms with Crippen molar-refractivity contribution in [1.82, 2.24) is 5.32 Å². The van der Waals surface area contributed by atoms with Crippen LogP contribution in [-0.4, -0.2) is 40.4 Å². The minimum Gasteiger partial charge on any atom is -0.496 e. The molecule has 1 atom stereocenters. The van der Waals surface area contributed by atoms with Gasteiger partial charge in [-0.15, -0.1) is 0 Å². The van der Waals surface area contributed by atoms with Crippen molar-refractivity contribution < 1.29 is 22.7 Å². The van der Waals surface area contributed by atoms with Crippen LogP contribution in [0.25, 0.3) is 0 Å². The van der Waals surface area contributed by atoms with E-state index in [1.165, 1.54) is 20.3 Å². The topological polar surface area (TPSA) is 81.7 Å². The highest BCUT2D eigenvalue weighted by atomic mass is 32.2. The smallest absolute Gasteiger partial charge is 0.341 e. The van der Waals surface area contributed by atoms with Crippen LogP contribution >= 0.6 is 0 Å². The normalized spacial score (nSPS) is 19.5. The summed E-state index contributed by atoms with van der Waals surface area (Å²) in [5, 5.41) is 3.29. The number of esters is 1. The van der Waals surface area contributed by atoms with Gasteiger partial charge >= 0.3 is 5.97 Å². The maximum Gasteiger partial charge on any atom is 0.341 e. The Kier molecular flexibility index (Phi) is 5.64. The highest BCUT2D eigenvalue weighted by Gasteiger charge is 2.30. The van der Waals surface area contributed by atoms with Gasteiger partial charge in [-0.05, 0) is 24.1 Å². The minimum atomic E-state index is -3.47. The zero-order valence-corrected chi connectivity index (χ0v) is 14.5. The second-order valence-corrected chi connectivity index (χ2v) is 7.66. The summed E-state index contributed by atoms with van der Waals surface area (Å²) in [5.74, 6) is -0.258. The number of benzene rings is 1. The lowest BCUT2D eigenvalue weighted by molar-refractivity contribution is 0.0596. The number of hydrogen-bond acceptors (Lipinski definition) is 6. The fourth-order valence-electron chi connectivity index (χ4n) is 2.77. The summed E-state index contributed by atoms with van der Waals surface area (Å²) in [6, 6.07) is 2.90. The molecule has 0 saturated heterocycles. The van der Waals surface area contributed by atoms with Crippen molar-refractivity contribution in [3.63, 3.8) is 0 Å². The maximum atomic E-state index is 12.7. The molecular formula is C16H23NO5S. The van der Waals surface area contributed by atoms with Crippen LogP contribution in [0.15, 0.2) is 17.0 Å². The van der Waals surface area contributed by atoms with Crippen molar-refractivity contribution in [1.29, 1.82) is 0 Å². The third-order valence-electron chi connectivity index (χ3n) is 4.03. The molecule has 0 saturated carbocycles. The third kappa shape index (κ3) is 3.84. The Bertz CT molecular complexity index is 684. The minimum absolute atomic E-state index is 0.0347. The summed E-state index contributed by atoms with van der Waals surface area (Å²) >= 11 is 0. The largest absolute Gasteiger partial charge is 0.496 e. The predicted octanol–water partition coefficient (Wildman–Crippen LogP) is 1.92. The first kappa shape index (κ1) is 17.7. The monoisotopic (exact) mass is 341 g/mol. The molecule has 0 aromatic heterocycles. The number of carbonyl (C=O) groups is 1. The number of unbranched alkanes of at least 4 members (excludes halogenated alkanes) is 1. The second-order valence-electron chi connectivity index (χ2n) is 5.65. The van der Waals surface area contributed by atoms with Crippen molar-refractivity contribution in [3.05, 3.63) is 23.3 Å². The number of methoxy groups -OCH3 is 2. The molecule has 1 aromatic carbocycles. The molecule has 0 amide bonds. The van der Waals surface area contributed by atoms with Crippen LogP contribution in [-0.2, 0) is 21.1 Å². The number of hydrogen-bond donors (Lipinski definition) is 1. The van der Waals surface area contributed by atoms with Crippen LogP contribution in [0.2, 0.25) is 0 Å². The molecule has 6 nitrogen and oxygen atoms in total. The maximum absolute atomic E-state index is 12.7. The van der Waals surface area contributed by atoms with E-state index < -0.39 is 15.8 Å². The number of rotatable bonds is 5. The quantitative estimate of drug-likeness (QED) is 0.824. The van der Waals surface area contributed by atoms with Crippen molar-refractivity contribution in [2.45, 2.75) is 43.7 Å². The molecule has 0 spiro atoms. The first-order chi connectivity index (χ1) is 10.9. The van der Waals surface area contributed by atoms with Crippen molar-refractivity contribution in [2.24, 2.45) is 0 Å². The first-order valence-electron chi connectivity index (χ1n) is 7.68. The SMILES string of the molecule is CCCCC1CS(=O)(=O)c2cc(C(=O)OC)c(OC)cc2CN1. The molecule has 1 N–H and O–H groups in total. The number of fused-ring (bicyclic) bond motifs is 1. The molecule has 2 rings (SSSR count). The molecule has 1 unspecified atom stereocenters. The number of ether oxygens (including phenoxy) is 2. The molecule has 0 bridgehead atoms. The van der Waals surface area contributed by atoms with Gasteiger partial charge in [-0.3, -0.25) is 0 Å². The Morgan fingerprint density at radius 2 is 2.09 bits per heavy atom. The van der Waals surface area contributed by atoms with Gasteiger partial charge in [-0.1, -0.05) is 19.8 Å². The molecule has 128 valence electrons. The molecule has 0 aliphatic carbocycles. The predicted molar refractivity (Wildman–Crippen MR) is 86.5 cm³/mol. The number of sulfone groups is 1. The van der Waals surface area contributed by atoms with Crippen LogP contribution in [0, 0.1) is 0 Å². The highest BCUT2D eigenvalue weighted by Crippen LogP contribution is 2.30. The van der Waals surface area contributed by atoms with E-state index in [4.69, 9.17) is 9.47 Å². The van der Waals surface area contributed by atoms with Crippen LogP contribution < -0.4 is 10.1 Å². The fourth-order valence-corrected chi connectivity index (χ4v) is 4.59. The Labute approximate surface area is 137 Å². The molecule has 0 radical (unpaired) electrons. The van der Waals surface area contributed by atoms with Gasteiger partial charge in [-0.25, -0.2) is 13.2 Å². The Hall–Kier alpha value is -1.60. The van der Waals surface area contributed by atoms with Crippen LogP contribution in [0.1, 0.15) is 42.1 Å². The zero-order valence-electron chi connectivity index (χ0n) is 13.7. The molecular weight excluding hydrogens is 318 g/mol. The van der Waals surface area contributed by atoms with Gasteiger partial charge in [0.1, 0.15) is 11.3 Å². The van der Waals surface area contributed by atoms with Crippen LogP contribution in [0.3, 0.4) is 0 Å². The van der Waals surface area contributed by atoms with Gasteiger partial charge in [0.05, 0.1) is 24.9 Å². The van der Waals surface area contributed by atoms with Crippen molar-refractivity contribution in [2.75, 3.05) is 20.0 Å². The van der Waals surface area contributed by atoms with Gasteiger partial charge in [0.25, 0.3) is 0 Å². The van der Waals surface area contributed by atoms with E-state index in [1.54, 1.807) is 6.07 Å². The Morgan fingerprint density at radius 3 is 2.70 bits per heavy atom. The van der Waals surface area contributed by atoms with E-state index in [0.29, 0.717) is 17.9 Å². The van der Waals surface area contributed by atoms with Gasteiger partial charge < -0.3 is 14.8 Å². The first-order valence-corrected chi connectivity index (χ1v) is 9.33. The summed E-state index contributed by atoms with van der Waals surface area (Å²) < 4.78 is 35.3. The van der Waals surface area contributed by atoms with E-state index in [0.717, 1.165) is 19.3 Å². The lowest BCUT2D eigenvalue weighted by Crippen LogP contribution is -2.32. The summed E-state index contributed by atoms with van der Waals surface area (Å²) in [5.41, 5.74) is 0.748. The fraction of sp³-hybridized carbons (Fsp3) is 0.562. The summed E-state index contributed by atoms with van der Waals surface area (Å²) in [7, 11) is -0.778. The molecule has 23 heavy (non-hydrogen) atoms. The summed E-state index contributed by atoms with van der Waals surface area (Å²) in [6.07, 6.45) is 2.80. The van der Waals surface area contributed by atoms with Gasteiger partial charge in [0.15, 0.2) is 9.84 Å². The van der Waals surface area contributed by atoms with E-state index in [1.807, 2.05) is 0 Å². The molecule has 1 heterocycles. The summed E-state index contributed by atoms with van der Waals surface area (Å²) in [6.45, 7) is 2.51. The Morgan fingerprint density at radius 1 is 1.35 bits per heavy atom. The lowest BCUT2D eigenvalue weighted by atomic mass is 10.1. The summed E-state index contributed by atoms with van der Waals surface area (Å²) in [4.78, 5) is 12.1.